The van der Waals surface area contributed by atoms with Gasteiger partial charge in [0.15, 0.2) is 0 Å². The van der Waals surface area contributed by atoms with E-state index < -0.39 is 0 Å². The van der Waals surface area contributed by atoms with Crippen LogP contribution in [-0.4, -0.2) is 27.3 Å². The van der Waals surface area contributed by atoms with E-state index in [0.717, 1.165) is 5.69 Å². The molecule has 24 heavy (non-hydrogen) atoms. The summed E-state index contributed by atoms with van der Waals surface area (Å²) in [5.74, 6) is -0.226. The highest BCUT2D eigenvalue weighted by molar-refractivity contribution is 6.24. The number of aromatic nitrogens is 3. The van der Waals surface area contributed by atoms with E-state index in [9.17, 15) is 4.79 Å². The Balaban J connectivity index is 2.16. The number of amides is 1. The first kappa shape index (κ1) is 15.4. The first-order valence-electron chi connectivity index (χ1n) is 7.37. The van der Waals surface area contributed by atoms with Gasteiger partial charge in [0.05, 0.1) is 17.5 Å². The monoisotopic (exact) mass is 317 g/mol. The van der Waals surface area contributed by atoms with Crippen LogP contribution in [0.2, 0.25) is 0 Å². The Morgan fingerprint density at radius 1 is 1.33 bits per heavy atom. The first-order chi connectivity index (χ1) is 11.6. The minimum atomic E-state index is -0.226. The van der Waals surface area contributed by atoms with Gasteiger partial charge in [0.1, 0.15) is 17.4 Å². The number of hydrogen-bond acceptors (Lipinski definition) is 4. The van der Waals surface area contributed by atoms with Gasteiger partial charge in [0, 0.05) is 24.5 Å². The fourth-order valence-electron chi connectivity index (χ4n) is 2.43. The van der Waals surface area contributed by atoms with E-state index in [1.54, 1.807) is 35.9 Å². The Labute approximate surface area is 139 Å². The van der Waals surface area contributed by atoms with Gasteiger partial charge >= 0.3 is 0 Å². The first-order valence-corrected chi connectivity index (χ1v) is 7.37. The number of rotatable bonds is 3. The largest absolute Gasteiger partial charge is 0.355 e. The highest BCUT2D eigenvalue weighted by Gasteiger charge is 2.13. The molecule has 6 heteroatoms. The lowest BCUT2D eigenvalue weighted by Crippen LogP contribution is -2.19. The number of imidazole rings is 1. The van der Waals surface area contributed by atoms with E-state index in [1.165, 1.54) is 6.20 Å². The van der Waals surface area contributed by atoms with Crippen molar-refractivity contribution >= 4 is 23.2 Å². The molecule has 0 aromatic carbocycles. The van der Waals surface area contributed by atoms with Gasteiger partial charge in [0.25, 0.3) is 5.91 Å². The second kappa shape index (κ2) is 6.34. The maximum atomic E-state index is 12.3. The number of nitrogens with zero attached hydrogens (tertiary/aromatic N) is 4. The fraction of sp³-hybridized carbons (Fsp3) is 0.111. The maximum absolute atomic E-state index is 12.3. The Hall–Kier alpha value is -3.46. The van der Waals surface area contributed by atoms with Crippen molar-refractivity contribution in [1.29, 1.82) is 5.26 Å². The fourth-order valence-corrected chi connectivity index (χ4v) is 2.43. The molecule has 0 unspecified atom stereocenters. The van der Waals surface area contributed by atoms with Crippen molar-refractivity contribution < 1.29 is 4.79 Å². The minimum absolute atomic E-state index is 0.226. The van der Waals surface area contributed by atoms with E-state index in [1.807, 2.05) is 25.1 Å². The number of fused-ring (bicyclic) bond motifs is 1. The molecule has 0 fully saturated rings. The molecule has 0 bridgehead atoms. The molecule has 0 radical (unpaired) electrons. The number of nitriles is 1. The molecule has 0 saturated carbocycles. The van der Waals surface area contributed by atoms with Gasteiger partial charge in [0.2, 0.25) is 0 Å². The topological polar surface area (TPSA) is 83.1 Å². The molecule has 3 heterocycles. The summed E-state index contributed by atoms with van der Waals surface area (Å²) in [6.45, 7) is 1.90. The molecule has 3 aromatic heterocycles. The summed E-state index contributed by atoms with van der Waals surface area (Å²) in [6.07, 6.45) is 4.97. The zero-order valence-electron chi connectivity index (χ0n) is 13.3. The second-order valence-electron chi connectivity index (χ2n) is 5.24. The van der Waals surface area contributed by atoms with Crippen LogP contribution >= 0.6 is 0 Å². The number of carbonyl (C=O) groups excluding carboxylic acids is 1. The van der Waals surface area contributed by atoms with Gasteiger partial charge in [-0.05, 0) is 37.3 Å². The molecule has 3 rings (SSSR count). The number of aryl methyl sites for hydroxylation is 1. The molecule has 3 aromatic rings. The molecule has 0 aliphatic carbocycles. The third-order valence-corrected chi connectivity index (χ3v) is 3.60. The van der Waals surface area contributed by atoms with Crippen molar-refractivity contribution in [2.75, 3.05) is 7.05 Å². The Morgan fingerprint density at radius 3 is 2.88 bits per heavy atom. The summed E-state index contributed by atoms with van der Waals surface area (Å²) in [7, 11) is 1.58. The number of likely N-dealkylation sites (N-methyl/N-ethyl adjacent to an activating group) is 1. The van der Waals surface area contributed by atoms with Gasteiger partial charge in [-0.15, -0.1) is 0 Å². The van der Waals surface area contributed by atoms with Crippen LogP contribution in [0.15, 0.2) is 42.7 Å². The predicted molar refractivity (Wildman–Crippen MR) is 90.8 cm³/mol. The summed E-state index contributed by atoms with van der Waals surface area (Å²) in [5.41, 5.74) is 3.78. The summed E-state index contributed by atoms with van der Waals surface area (Å²) < 4.78 is 1.66. The van der Waals surface area contributed by atoms with Crippen LogP contribution in [0.5, 0.6) is 0 Å². The van der Waals surface area contributed by atoms with E-state index in [2.05, 4.69) is 21.4 Å². The Kier molecular flexibility index (Phi) is 4.08. The minimum Gasteiger partial charge on any atom is -0.355 e. The number of nitrogens with one attached hydrogen (secondary N) is 1. The van der Waals surface area contributed by atoms with Gasteiger partial charge < -0.3 is 5.32 Å². The van der Waals surface area contributed by atoms with Gasteiger partial charge in [-0.3, -0.25) is 14.2 Å². The summed E-state index contributed by atoms with van der Waals surface area (Å²) >= 11 is 0. The average molecular weight is 317 g/mol. The summed E-state index contributed by atoms with van der Waals surface area (Å²) in [4.78, 5) is 20.9. The number of pyridine rings is 2. The predicted octanol–water partition coefficient (Wildman–Crippen LogP) is 2.20. The van der Waals surface area contributed by atoms with Crippen LogP contribution < -0.4 is 5.32 Å². The molecule has 0 saturated heterocycles. The van der Waals surface area contributed by atoms with Crippen LogP contribution in [0.1, 0.15) is 22.6 Å². The SMILES string of the molecule is CNC(=O)/C(=C/c1cccc(C)n1)c1ccc2ncc(C#N)n2c1. The van der Waals surface area contributed by atoms with Crippen LogP contribution in [-0.2, 0) is 4.79 Å². The van der Waals surface area contributed by atoms with Crippen molar-refractivity contribution in [3.8, 4) is 6.07 Å². The van der Waals surface area contributed by atoms with E-state index >= 15 is 0 Å². The molecule has 118 valence electrons. The van der Waals surface area contributed by atoms with Crippen molar-refractivity contribution in [2.24, 2.45) is 0 Å². The summed E-state index contributed by atoms with van der Waals surface area (Å²) in [5, 5.41) is 11.8. The van der Waals surface area contributed by atoms with E-state index in [4.69, 9.17) is 5.26 Å². The molecular formula is C18H15N5O. The Morgan fingerprint density at radius 2 is 2.17 bits per heavy atom. The molecular weight excluding hydrogens is 302 g/mol. The third kappa shape index (κ3) is 2.88. The van der Waals surface area contributed by atoms with Crippen molar-refractivity contribution in [3.63, 3.8) is 0 Å². The van der Waals surface area contributed by atoms with Gasteiger partial charge in [-0.25, -0.2) is 4.98 Å². The normalized spacial score (nSPS) is 11.3. The zero-order chi connectivity index (χ0) is 17.1. The quantitative estimate of drug-likeness (QED) is 0.751. The van der Waals surface area contributed by atoms with E-state index in [0.29, 0.717) is 28.2 Å². The van der Waals surface area contributed by atoms with Crippen molar-refractivity contribution in [2.45, 2.75) is 6.92 Å². The number of carbonyl (C=O) groups is 1. The van der Waals surface area contributed by atoms with Crippen molar-refractivity contribution in [3.05, 3.63) is 65.4 Å². The smallest absolute Gasteiger partial charge is 0.251 e. The summed E-state index contributed by atoms with van der Waals surface area (Å²) in [6, 6.07) is 11.3. The maximum Gasteiger partial charge on any atom is 0.251 e. The lowest BCUT2D eigenvalue weighted by Gasteiger charge is -2.08. The number of hydrogen-bond donors (Lipinski definition) is 1. The molecule has 0 spiro atoms. The standard InChI is InChI=1S/C18H15N5O/c1-12-4-3-5-14(22-12)8-16(18(24)20-2)13-6-7-17-21-10-15(9-19)23(17)11-13/h3-8,10-11H,1-2H3,(H,20,24)/b16-8+. The van der Waals surface area contributed by atoms with Crippen molar-refractivity contribution in [1.82, 2.24) is 19.7 Å². The van der Waals surface area contributed by atoms with E-state index in [-0.39, 0.29) is 5.91 Å². The molecule has 1 N–H and O–H groups in total. The molecule has 6 nitrogen and oxygen atoms in total. The molecule has 0 aliphatic rings. The third-order valence-electron chi connectivity index (χ3n) is 3.60. The average Bonchev–Trinajstić information content (AvgIpc) is 3.01. The Bertz CT molecular complexity index is 994. The zero-order valence-corrected chi connectivity index (χ0v) is 13.3. The van der Waals surface area contributed by atoms with Gasteiger partial charge in [-0.2, -0.15) is 5.26 Å². The van der Waals surface area contributed by atoms with Gasteiger partial charge in [-0.1, -0.05) is 6.07 Å². The molecule has 0 atom stereocenters. The van der Waals surface area contributed by atoms with Crippen LogP contribution in [0.3, 0.4) is 0 Å². The lowest BCUT2D eigenvalue weighted by atomic mass is 10.1. The van der Waals surface area contributed by atoms with Crippen LogP contribution in [0.25, 0.3) is 17.3 Å². The molecule has 0 aliphatic heterocycles. The highest BCUT2D eigenvalue weighted by Crippen LogP contribution is 2.20. The lowest BCUT2D eigenvalue weighted by molar-refractivity contribution is -0.115. The van der Waals surface area contributed by atoms with Crippen LogP contribution in [0, 0.1) is 18.3 Å². The second-order valence-corrected chi connectivity index (χ2v) is 5.24. The molecule has 1 amide bonds. The van der Waals surface area contributed by atoms with Crippen LogP contribution in [0.4, 0.5) is 0 Å². The highest BCUT2D eigenvalue weighted by atomic mass is 16.1.